The number of barbiturate groups is 1. The Hall–Kier alpha value is -3.25. The van der Waals surface area contributed by atoms with Crippen molar-refractivity contribution in [2.75, 3.05) is 11.4 Å². The van der Waals surface area contributed by atoms with Crippen molar-refractivity contribution < 1.29 is 29.9 Å². The highest BCUT2D eigenvalue weighted by Crippen LogP contribution is 2.50. The molecule has 3 N–H and O–H groups in total. The van der Waals surface area contributed by atoms with Gasteiger partial charge in [-0.15, -0.1) is 0 Å². The third kappa shape index (κ3) is 3.46. The molecule has 2 fully saturated rings. The van der Waals surface area contributed by atoms with E-state index < -0.39 is 46.9 Å². The molecular formula is C22H27ClN6O6. The maximum Gasteiger partial charge on any atom is 0.328 e. The van der Waals surface area contributed by atoms with Crippen LogP contribution in [0.25, 0.3) is 11.1 Å². The van der Waals surface area contributed by atoms with E-state index in [0.29, 0.717) is 17.9 Å². The monoisotopic (exact) mass is 506 g/mol. The standard InChI is InChI=1S/C22H25ClN6O6.H2/c1-8-7-29-14-10(6-22(16(29)9(2)34-8)18(31)25-20(33)26-19(22)32)24-12-13(17(30)27-21(3,4)5)28-35-15(12)11(14)23;/h8-9,16H,6-7H2,1-5H3,(H,27,30)(H2,25,26,31,32,33);1H/t8-,9+,16-;/m1./s1. The summed E-state index contributed by atoms with van der Waals surface area (Å²) >= 11 is 6.81. The predicted molar refractivity (Wildman–Crippen MR) is 125 cm³/mol. The van der Waals surface area contributed by atoms with Crippen molar-refractivity contribution in [3.63, 3.8) is 0 Å². The van der Waals surface area contributed by atoms with Crippen LogP contribution in [0.5, 0.6) is 0 Å². The molecule has 0 aliphatic carbocycles. The Kier molecular flexibility index (Phi) is 5.12. The van der Waals surface area contributed by atoms with Gasteiger partial charge in [0, 0.05) is 19.9 Å². The number of pyridine rings is 1. The lowest BCUT2D eigenvalue weighted by Gasteiger charge is -2.55. The smallest absolute Gasteiger partial charge is 0.328 e. The summed E-state index contributed by atoms with van der Waals surface area (Å²) in [5.41, 5.74) is -1.28. The van der Waals surface area contributed by atoms with Crippen LogP contribution in [0.2, 0.25) is 5.02 Å². The van der Waals surface area contributed by atoms with Crippen molar-refractivity contribution in [3.8, 4) is 0 Å². The van der Waals surface area contributed by atoms with E-state index in [1.807, 2.05) is 32.6 Å². The largest absolute Gasteiger partial charge is 0.372 e. The van der Waals surface area contributed by atoms with Gasteiger partial charge in [0.15, 0.2) is 11.1 Å². The molecule has 13 heteroatoms. The van der Waals surface area contributed by atoms with E-state index >= 15 is 0 Å². The zero-order valence-corrected chi connectivity index (χ0v) is 20.6. The first-order valence-electron chi connectivity index (χ1n) is 11.2. The molecule has 5 heterocycles. The molecule has 35 heavy (non-hydrogen) atoms. The molecule has 2 saturated heterocycles. The van der Waals surface area contributed by atoms with Gasteiger partial charge in [-0.05, 0) is 34.6 Å². The van der Waals surface area contributed by atoms with Gasteiger partial charge < -0.3 is 19.5 Å². The quantitative estimate of drug-likeness (QED) is 0.488. The summed E-state index contributed by atoms with van der Waals surface area (Å²) in [7, 11) is 0. The van der Waals surface area contributed by atoms with Crippen molar-refractivity contribution in [1.82, 2.24) is 26.1 Å². The number of ether oxygens (including phenoxy) is 1. The number of imide groups is 2. The Bertz CT molecular complexity index is 1290. The molecule has 0 unspecified atom stereocenters. The number of nitrogens with zero attached hydrogens (tertiary/aromatic N) is 3. The third-order valence-corrected chi connectivity index (χ3v) is 6.83. The van der Waals surface area contributed by atoms with E-state index in [1.165, 1.54) is 0 Å². The van der Waals surface area contributed by atoms with Crippen LogP contribution in [0.4, 0.5) is 10.5 Å². The molecule has 5 amide bonds. The average Bonchev–Trinajstić information content (AvgIpc) is 3.14. The fraction of sp³-hybridized carbons (Fsp3) is 0.545. The van der Waals surface area contributed by atoms with E-state index in [4.69, 9.17) is 20.9 Å². The SMILES string of the molecule is C[C@@H]1CN2c3c(nc4c(C(=O)NC(C)(C)C)noc4c3Cl)CC3(C(=O)NC(=O)NC3=O)[C@H]2[C@H](C)O1.[HH]. The number of rotatable bonds is 1. The second-order valence-electron chi connectivity index (χ2n) is 10.3. The lowest BCUT2D eigenvalue weighted by molar-refractivity contribution is -0.153. The van der Waals surface area contributed by atoms with Gasteiger partial charge in [-0.3, -0.25) is 25.0 Å². The highest BCUT2D eigenvalue weighted by Gasteiger charge is 2.63. The minimum atomic E-state index is -1.71. The van der Waals surface area contributed by atoms with Gasteiger partial charge in [-0.1, -0.05) is 16.8 Å². The van der Waals surface area contributed by atoms with Gasteiger partial charge in [0.1, 0.15) is 10.5 Å². The molecule has 3 aliphatic rings. The Morgan fingerprint density at radius 1 is 1.23 bits per heavy atom. The number of carbonyl (C=O) groups excluding carboxylic acids is 4. The average molecular weight is 507 g/mol. The van der Waals surface area contributed by atoms with Crippen molar-refractivity contribution in [2.24, 2.45) is 5.41 Å². The van der Waals surface area contributed by atoms with Crippen LogP contribution in [-0.4, -0.2) is 64.2 Å². The summed E-state index contributed by atoms with van der Waals surface area (Å²) in [6.45, 7) is 9.39. The Morgan fingerprint density at radius 2 is 1.89 bits per heavy atom. The zero-order valence-electron chi connectivity index (χ0n) is 19.8. The van der Waals surface area contributed by atoms with E-state index in [-0.39, 0.29) is 35.8 Å². The molecule has 188 valence electrons. The highest BCUT2D eigenvalue weighted by atomic mass is 35.5. The number of carbonyl (C=O) groups is 4. The van der Waals surface area contributed by atoms with E-state index in [2.05, 4.69) is 26.1 Å². The maximum atomic E-state index is 13.3. The van der Waals surface area contributed by atoms with Crippen LogP contribution in [0, 0.1) is 5.41 Å². The number of amides is 5. The first-order chi connectivity index (χ1) is 16.3. The van der Waals surface area contributed by atoms with Gasteiger partial charge in [-0.25, -0.2) is 9.78 Å². The fourth-order valence-electron chi connectivity index (χ4n) is 5.31. The minimum absolute atomic E-state index is 0. The molecular weight excluding hydrogens is 480 g/mol. The van der Waals surface area contributed by atoms with Crippen LogP contribution < -0.4 is 20.9 Å². The molecule has 0 radical (unpaired) electrons. The number of hydrogen-bond donors (Lipinski definition) is 3. The topological polar surface area (TPSA) is 156 Å². The summed E-state index contributed by atoms with van der Waals surface area (Å²) in [5, 5.41) is 11.3. The molecule has 0 bridgehead atoms. The number of urea groups is 1. The first kappa shape index (κ1) is 23.5. The number of fused-ring (bicyclic) bond motifs is 5. The summed E-state index contributed by atoms with van der Waals surface area (Å²) < 4.78 is 11.4. The fourth-order valence-corrected chi connectivity index (χ4v) is 5.65. The number of anilines is 1. The van der Waals surface area contributed by atoms with Crippen LogP contribution in [0.1, 0.15) is 52.2 Å². The number of hydrogen-bond acceptors (Lipinski definition) is 9. The maximum absolute atomic E-state index is 13.3. The summed E-state index contributed by atoms with van der Waals surface area (Å²) in [5.74, 6) is -1.99. The molecule has 2 aromatic heterocycles. The second kappa shape index (κ2) is 7.62. The van der Waals surface area contributed by atoms with Gasteiger partial charge >= 0.3 is 6.03 Å². The van der Waals surface area contributed by atoms with E-state index in [0.717, 1.165) is 0 Å². The van der Waals surface area contributed by atoms with Gasteiger partial charge in [0.25, 0.3) is 5.91 Å². The van der Waals surface area contributed by atoms with Crippen molar-refractivity contribution in [1.29, 1.82) is 0 Å². The van der Waals surface area contributed by atoms with Gasteiger partial charge in [0.05, 0.1) is 29.6 Å². The van der Waals surface area contributed by atoms with E-state index in [9.17, 15) is 19.2 Å². The lowest BCUT2D eigenvalue weighted by atomic mass is 9.67. The second-order valence-corrected chi connectivity index (χ2v) is 10.6. The zero-order chi connectivity index (χ0) is 25.4. The normalized spacial score (nSPS) is 25.7. The Labute approximate surface area is 206 Å². The number of aromatic nitrogens is 2. The summed E-state index contributed by atoms with van der Waals surface area (Å²) in [6.07, 6.45) is -0.987. The summed E-state index contributed by atoms with van der Waals surface area (Å²) in [4.78, 5) is 57.7. The van der Waals surface area contributed by atoms with Crippen molar-refractivity contribution in [2.45, 2.75) is 64.8 Å². The molecule has 3 atom stereocenters. The van der Waals surface area contributed by atoms with Crippen molar-refractivity contribution in [3.05, 3.63) is 16.4 Å². The van der Waals surface area contributed by atoms with Crippen LogP contribution >= 0.6 is 11.6 Å². The lowest BCUT2D eigenvalue weighted by Crippen LogP contribution is -2.75. The van der Waals surface area contributed by atoms with Crippen LogP contribution in [0.15, 0.2) is 4.52 Å². The Balaban J connectivity index is 0.00000304. The molecule has 12 nitrogen and oxygen atoms in total. The number of nitrogens with one attached hydrogen (secondary N) is 3. The van der Waals surface area contributed by atoms with Gasteiger partial charge in [0.2, 0.25) is 17.4 Å². The van der Waals surface area contributed by atoms with E-state index in [1.54, 1.807) is 6.92 Å². The van der Waals surface area contributed by atoms with Crippen LogP contribution in [0.3, 0.4) is 0 Å². The molecule has 5 rings (SSSR count). The Morgan fingerprint density at radius 3 is 2.51 bits per heavy atom. The number of halogens is 1. The summed E-state index contributed by atoms with van der Waals surface area (Å²) in [6, 6.07) is -1.66. The molecule has 3 aliphatic heterocycles. The molecule has 2 aromatic rings. The van der Waals surface area contributed by atoms with Crippen LogP contribution in [-0.2, 0) is 20.7 Å². The molecule has 0 saturated carbocycles. The van der Waals surface area contributed by atoms with Crippen molar-refractivity contribution >= 4 is 52.1 Å². The minimum Gasteiger partial charge on any atom is -0.372 e. The van der Waals surface area contributed by atoms with Gasteiger partial charge in [-0.2, -0.15) is 0 Å². The first-order valence-corrected chi connectivity index (χ1v) is 11.6. The third-order valence-electron chi connectivity index (χ3n) is 6.48. The highest BCUT2D eigenvalue weighted by molar-refractivity contribution is 6.38. The molecule has 1 spiro atoms. The predicted octanol–water partition coefficient (Wildman–Crippen LogP) is 1.54. The number of morpholine rings is 1. The molecule has 0 aromatic carbocycles.